The lowest BCUT2D eigenvalue weighted by molar-refractivity contribution is 0.0810. The number of hydrogen-bond donors (Lipinski definition) is 1. The van der Waals surface area contributed by atoms with E-state index in [4.69, 9.17) is 0 Å². The molecule has 1 aliphatic rings. The Balaban J connectivity index is 2.16. The molecule has 0 spiro atoms. The van der Waals surface area contributed by atoms with Crippen LogP contribution in [0.2, 0.25) is 0 Å². The maximum absolute atomic E-state index is 12.6. The van der Waals surface area contributed by atoms with Gasteiger partial charge in [0.15, 0.2) is 5.78 Å². The van der Waals surface area contributed by atoms with Crippen LogP contribution in [0.3, 0.4) is 0 Å². The van der Waals surface area contributed by atoms with Gasteiger partial charge in [-0.3, -0.25) is 9.78 Å². The standard InChI is InChI=1S/C16H18N2O/c1-10-13-12(4-7-16(2,3)15(13)19)18-14(10)11-5-8-17-9-6-11/h5-6,8-9,18H,4,7H2,1-3H3. The summed E-state index contributed by atoms with van der Waals surface area (Å²) in [5.74, 6) is 0.266. The third-order valence-electron chi connectivity index (χ3n) is 4.14. The summed E-state index contributed by atoms with van der Waals surface area (Å²) in [5.41, 5.74) is 4.97. The van der Waals surface area contributed by atoms with Crippen molar-refractivity contribution in [1.82, 2.24) is 9.97 Å². The van der Waals surface area contributed by atoms with Gasteiger partial charge in [0.1, 0.15) is 0 Å². The van der Waals surface area contributed by atoms with E-state index in [9.17, 15) is 4.79 Å². The summed E-state index contributed by atoms with van der Waals surface area (Å²) in [6, 6.07) is 3.94. The number of aryl methyl sites for hydroxylation is 1. The second-order valence-corrected chi connectivity index (χ2v) is 5.93. The Bertz CT molecular complexity index is 638. The largest absolute Gasteiger partial charge is 0.358 e. The lowest BCUT2D eigenvalue weighted by Crippen LogP contribution is -2.30. The van der Waals surface area contributed by atoms with Crippen molar-refractivity contribution in [2.45, 2.75) is 33.6 Å². The summed E-state index contributed by atoms with van der Waals surface area (Å²) in [6.45, 7) is 6.11. The zero-order valence-electron chi connectivity index (χ0n) is 11.6. The van der Waals surface area contributed by atoms with Crippen LogP contribution < -0.4 is 0 Å². The summed E-state index contributed by atoms with van der Waals surface area (Å²) in [7, 11) is 0. The topological polar surface area (TPSA) is 45.8 Å². The molecule has 0 unspecified atom stereocenters. The van der Waals surface area contributed by atoms with Gasteiger partial charge < -0.3 is 4.98 Å². The molecule has 0 saturated heterocycles. The first-order valence-corrected chi connectivity index (χ1v) is 6.67. The van der Waals surface area contributed by atoms with Gasteiger partial charge in [-0.05, 0) is 37.5 Å². The fourth-order valence-corrected chi connectivity index (χ4v) is 2.85. The number of carbonyl (C=O) groups is 1. The fraction of sp³-hybridized carbons (Fsp3) is 0.375. The second kappa shape index (κ2) is 4.05. The summed E-state index contributed by atoms with van der Waals surface area (Å²) >= 11 is 0. The van der Waals surface area contributed by atoms with E-state index >= 15 is 0 Å². The predicted octanol–water partition coefficient (Wildman–Crippen LogP) is 3.54. The Morgan fingerprint density at radius 3 is 2.63 bits per heavy atom. The number of ketones is 1. The van der Waals surface area contributed by atoms with Crippen molar-refractivity contribution in [1.29, 1.82) is 0 Å². The lowest BCUT2D eigenvalue weighted by atomic mass is 9.74. The predicted molar refractivity (Wildman–Crippen MR) is 75.2 cm³/mol. The van der Waals surface area contributed by atoms with Crippen molar-refractivity contribution >= 4 is 5.78 Å². The second-order valence-electron chi connectivity index (χ2n) is 5.93. The zero-order chi connectivity index (χ0) is 13.6. The number of Topliss-reactive ketones (excluding diaryl/α,β-unsaturated/α-hetero) is 1. The molecule has 0 atom stereocenters. The summed E-state index contributed by atoms with van der Waals surface area (Å²) in [4.78, 5) is 20.0. The highest BCUT2D eigenvalue weighted by Gasteiger charge is 2.37. The molecule has 0 amide bonds. The van der Waals surface area contributed by atoms with Crippen molar-refractivity contribution in [2.75, 3.05) is 0 Å². The Labute approximate surface area is 113 Å². The molecular formula is C16H18N2O. The molecule has 0 saturated carbocycles. The fourth-order valence-electron chi connectivity index (χ4n) is 2.85. The first kappa shape index (κ1) is 12.2. The summed E-state index contributed by atoms with van der Waals surface area (Å²) in [6.07, 6.45) is 5.41. The minimum absolute atomic E-state index is 0.241. The Morgan fingerprint density at radius 2 is 1.95 bits per heavy atom. The van der Waals surface area contributed by atoms with Crippen molar-refractivity contribution in [3.05, 3.63) is 41.3 Å². The van der Waals surface area contributed by atoms with E-state index in [1.165, 1.54) is 0 Å². The number of rotatable bonds is 1. The SMILES string of the molecule is Cc1c(-c2ccncc2)[nH]c2c1C(=O)C(C)(C)CC2. The number of nitrogens with one attached hydrogen (secondary N) is 1. The minimum atomic E-state index is -0.241. The first-order valence-electron chi connectivity index (χ1n) is 6.67. The highest BCUT2D eigenvalue weighted by atomic mass is 16.1. The van der Waals surface area contributed by atoms with Gasteiger partial charge in [0.25, 0.3) is 0 Å². The van der Waals surface area contributed by atoms with E-state index in [1.54, 1.807) is 12.4 Å². The molecule has 98 valence electrons. The van der Waals surface area contributed by atoms with Gasteiger partial charge in [-0.2, -0.15) is 0 Å². The van der Waals surface area contributed by atoms with Gasteiger partial charge in [0.2, 0.25) is 0 Å². The monoisotopic (exact) mass is 254 g/mol. The third kappa shape index (κ3) is 1.81. The van der Waals surface area contributed by atoms with Crippen molar-refractivity contribution in [3.63, 3.8) is 0 Å². The molecule has 3 rings (SSSR count). The molecule has 2 aromatic heterocycles. The van der Waals surface area contributed by atoms with Crippen LogP contribution in [0.4, 0.5) is 0 Å². The maximum atomic E-state index is 12.6. The third-order valence-corrected chi connectivity index (χ3v) is 4.14. The molecule has 0 bridgehead atoms. The lowest BCUT2D eigenvalue weighted by Gasteiger charge is -2.28. The highest BCUT2D eigenvalue weighted by molar-refractivity contribution is 6.04. The van der Waals surface area contributed by atoms with E-state index < -0.39 is 0 Å². The van der Waals surface area contributed by atoms with Crippen molar-refractivity contribution < 1.29 is 4.79 Å². The van der Waals surface area contributed by atoms with Crippen LogP contribution in [0, 0.1) is 12.3 Å². The van der Waals surface area contributed by atoms with Crippen LogP contribution in [-0.4, -0.2) is 15.8 Å². The average molecular weight is 254 g/mol. The van der Waals surface area contributed by atoms with Crippen LogP contribution in [0.5, 0.6) is 0 Å². The van der Waals surface area contributed by atoms with Gasteiger partial charge >= 0.3 is 0 Å². The van der Waals surface area contributed by atoms with Crippen LogP contribution >= 0.6 is 0 Å². The highest BCUT2D eigenvalue weighted by Crippen LogP contribution is 2.39. The minimum Gasteiger partial charge on any atom is -0.358 e. The molecule has 1 aliphatic carbocycles. The Kier molecular flexibility index (Phi) is 2.59. The van der Waals surface area contributed by atoms with Crippen molar-refractivity contribution in [3.8, 4) is 11.3 Å². The number of aromatic amines is 1. The summed E-state index contributed by atoms with van der Waals surface area (Å²) in [5, 5.41) is 0. The summed E-state index contributed by atoms with van der Waals surface area (Å²) < 4.78 is 0. The van der Waals surface area contributed by atoms with E-state index in [1.807, 2.05) is 32.9 Å². The average Bonchev–Trinajstić information content (AvgIpc) is 2.73. The van der Waals surface area contributed by atoms with Crippen LogP contribution in [-0.2, 0) is 6.42 Å². The molecule has 0 aromatic carbocycles. The zero-order valence-corrected chi connectivity index (χ0v) is 11.6. The van der Waals surface area contributed by atoms with E-state index in [0.717, 1.165) is 40.9 Å². The Morgan fingerprint density at radius 1 is 1.26 bits per heavy atom. The van der Waals surface area contributed by atoms with Crippen molar-refractivity contribution in [2.24, 2.45) is 5.41 Å². The molecular weight excluding hydrogens is 236 g/mol. The van der Waals surface area contributed by atoms with E-state index in [0.29, 0.717) is 0 Å². The normalized spacial score (nSPS) is 17.3. The van der Waals surface area contributed by atoms with Crippen LogP contribution in [0.25, 0.3) is 11.3 Å². The van der Waals surface area contributed by atoms with Gasteiger partial charge in [0, 0.05) is 40.3 Å². The van der Waals surface area contributed by atoms with Gasteiger partial charge in [-0.25, -0.2) is 0 Å². The van der Waals surface area contributed by atoms with Crippen LogP contribution in [0.15, 0.2) is 24.5 Å². The van der Waals surface area contributed by atoms with Gasteiger partial charge in [-0.1, -0.05) is 13.8 Å². The molecule has 2 heterocycles. The molecule has 1 N–H and O–H groups in total. The first-order chi connectivity index (χ1) is 9.00. The molecule has 2 aromatic rings. The molecule has 19 heavy (non-hydrogen) atoms. The Hall–Kier alpha value is -1.90. The number of hydrogen-bond acceptors (Lipinski definition) is 2. The maximum Gasteiger partial charge on any atom is 0.170 e. The molecule has 0 fully saturated rings. The van der Waals surface area contributed by atoms with E-state index in [-0.39, 0.29) is 11.2 Å². The number of aromatic nitrogens is 2. The quantitative estimate of drug-likeness (QED) is 0.846. The molecule has 0 radical (unpaired) electrons. The smallest absolute Gasteiger partial charge is 0.170 e. The van der Waals surface area contributed by atoms with E-state index in [2.05, 4.69) is 9.97 Å². The van der Waals surface area contributed by atoms with Crippen LogP contribution in [0.1, 0.15) is 41.9 Å². The number of nitrogens with zero attached hydrogens (tertiary/aromatic N) is 1. The number of pyridine rings is 1. The number of H-pyrrole nitrogens is 1. The molecule has 3 heteroatoms. The number of fused-ring (bicyclic) bond motifs is 1. The number of carbonyl (C=O) groups excluding carboxylic acids is 1. The van der Waals surface area contributed by atoms with Gasteiger partial charge in [-0.15, -0.1) is 0 Å². The molecule has 3 nitrogen and oxygen atoms in total. The van der Waals surface area contributed by atoms with Gasteiger partial charge in [0.05, 0.1) is 0 Å². The molecule has 0 aliphatic heterocycles.